The van der Waals surface area contributed by atoms with Crippen molar-refractivity contribution in [2.24, 2.45) is 0 Å². The van der Waals surface area contributed by atoms with E-state index in [0.29, 0.717) is 34.5 Å². The van der Waals surface area contributed by atoms with Gasteiger partial charge in [0, 0.05) is 17.5 Å². The highest BCUT2D eigenvalue weighted by Gasteiger charge is 2.25. The van der Waals surface area contributed by atoms with Gasteiger partial charge in [-0.1, -0.05) is 42.0 Å². The van der Waals surface area contributed by atoms with Gasteiger partial charge in [0.25, 0.3) is 5.91 Å². The second kappa shape index (κ2) is 7.56. The molecule has 31 heavy (non-hydrogen) atoms. The third-order valence-corrected chi connectivity index (χ3v) is 6.28. The molecule has 0 saturated heterocycles. The fraction of sp³-hybridized carbons (Fsp3) is 0.120. The summed E-state index contributed by atoms with van der Waals surface area (Å²) < 4.78 is 8.95. The van der Waals surface area contributed by atoms with Crippen LogP contribution in [0.5, 0.6) is 0 Å². The number of aryl methyl sites for hydroxylation is 2. The number of hydrogen-bond acceptors (Lipinski definition) is 4. The summed E-state index contributed by atoms with van der Waals surface area (Å²) in [6, 6.07) is 18.6. The van der Waals surface area contributed by atoms with Gasteiger partial charge in [0.2, 0.25) is 5.78 Å². The molecule has 3 heterocycles. The molecule has 5 nitrogen and oxygen atoms in total. The first kappa shape index (κ1) is 19.3. The molecule has 1 amide bonds. The maximum Gasteiger partial charge on any atom is 0.272 e. The Labute approximate surface area is 182 Å². The van der Waals surface area contributed by atoms with E-state index in [9.17, 15) is 9.59 Å². The standard InChI is InChI=1S/C25H20N2O3S/c1-3-27-18-12-13-31-21(18)14-19(27)25(29)26-22-17-6-4-5-7-20(17)30-24(22)23(28)16-10-8-15(2)9-11-16/h4-14H,3H2,1-2H3,(H,26,29). The van der Waals surface area contributed by atoms with E-state index in [4.69, 9.17) is 4.42 Å². The van der Waals surface area contributed by atoms with Crippen LogP contribution in [0.15, 0.2) is 70.5 Å². The number of ketones is 1. The number of carbonyl (C=O) groups excluding carboxylic acids is 2. The van der Waals surface area contributed by atoms with Gasteiger partial charge in [0.05, 0.1) is 15.9 Å². The van der Waals surface area contributed by atoms with Crippen molar-refractivity contribution in [1.82, 2.24) is 4.57 Å². The van der Waals surface area contributed by atoms with Gasteiger partial charge in [-0.15, -0.1) is 11.3 Å². The second-order valence-electron chi connectivity index (χ2n) is 7.40. The molecule has 154 valence electrons. The van der Waals surface area contributed by atoms with Crippen molar-refractivity contribution in [3.05, 3.63) is 88.6 Å². The van der Waals surface area contributed by atoms with Crippen LogP contribution in [0.25, 0.3) is 21.2 Å². The van der Waals surface area contributed by atoms with Gasteiger partial charge >= 0.3 is 0 Å². The Balaban J connectivity index is 1.59. The van der Waals surface area contributed by atoms with Crippen molar-refractivity contribution in [2.45, 2.75) is 20.4 Å². The average molecular weight is 429 g/mol. The predicted molar refractivity (Wildman–Crippen MR) is 124 cm³/mol. The van der Waals surface area contributed by atoms with Crippen LogP contribution in [0.3, 0.4) is 0 Å². The van der Waals surface area contributed by atoms with E-state index in [1.54, 1.807) is 29.5 Å². The van der Waals surface area contributed by atoms with E-state index in [1.807, 2.05) is 66.3 Å². The molecule has 5 aromatic rings. The van der Waals surface area contributed by atoms with Crippen molar-refractivity contribution >= 4 is 49.9 Å². The van der Waals surface area contributed by atoms with Gasteiger partial charge in [-0.05, 0) is 43.5 Å². The van der Waals surface area contributed by atoms with Crippen molar-refractivity contribution in [3.63, 3.8) is 0 Å². The molecule has 0 saturated carbocycles. The Bertz CT molecular complexity index is 1440. The van der Waals surface area contributed by atoms with E-state index < -0.39 is 0 Å². The Morgan fingerprint density at radius 3 is 2.61 bits per heavy atom. The van der Waals surface area contributed by atoms with Gasteiger partial charge < -0.3 is 14.3 Å². The summed E-state index contributed by atoms with van der Waals surface area (Å²) >= 11 is 1.60. The number of rotatable bonds is 5. The van der Waals surface area contributed by atoms with E-state index in [1.165, 1.54) is 0 Å². The lowest BCUT2D eigenvalue weighted by atomic mass is 10.1. The molecule has 1 N–H and O–H groups in total. The zero-order valence-electron chi connectivity index (χ0n) is 17.1. The van der Waals surface area contributed by atoms with Crippen LogP contribution in [-0.4, -0.2) is 16.3 Å². The maximum atomic E-state index is 13.3. The molecule has 6 heteroatoms. The predicted octanol–water partition coefficient (Wildman–Crippen LogP) is 6.26. The fourth-order valence-corrected chi connectivity index (χ4v) is 4.67. The number of hydrogen-bond donors (Lipinski definition) is 1. The largest absolute Gasteiger partial charge is 0.450 e. The summed E-state index contributed by atoms with van der Waals surface area (Å²) in [7, 11) is 0. The Morgan fingerprint density at radius 1 is 1.06 bits per heavy atom. The number of benzene rings is 2. The molecule has 0 bridgehead atoms. The Morgan fingerprint density at radius 2 is 1.84 bits per heavy atom. The molecule has 0 aliphatic rings. The molecule has 0 atom stereocenters. The molecular formula is C25H20N2O3S. The van der Waals surface area contributed by atoms with E-state index in [2.05, 4.69) is 5.32 Å². The number of nitrogens with zero attached hydrogens (tertiary/aromatic N) is 1. The topological polar surface area (TPSA) is 64.2 Å². The number of para-hydroxylation sites is 1. The highest BCUT2D eigenvalue weighted by atomic mass is 32.1. The highest BCUT2D eigenvalue weighted by molar-refractivity contribution is 7.17. The quantitative estimate of drug-likeness (QED) is 0.336. The zero-order chi connectivity index (χ0) is 21.5. The smallest absolute Gasteiger partial charge is 0.272 e. The molecule has 0 radical (unpaired) electrons. The van der Waals surface area contributed by atoms with E-state index in [0.717, 1.165) is 15.8 Å². The molecule has 0 spiro atoms. The zero-order valence-corrected chi connectivity index (χ0v) is 18.0. The highest BCUT2D eigenvalue weighted by Crippen LogP contribution is 2.33. The van der Waals surface area contributed by atoms with Crippen LogP contribution >= 0.6 is 11.3 Å². The van der Waals surface area contributed by atoms with E-state index in [-0.39, 0.29) is 17.5 Å². The second-order valence-corrected chi connectivity index (χ2v) is 8.34. The molecule has 5 rings (SSSR count). The summed E-state index contributed by atoms with van der Waals surface area (Å²) in [6.07, 6.45) is 0. The van der Waals surface area contributed by atoms with Gasteiger partial charge in [-0.2, -0.15) is 0 Å². The lowest BCUT2D eigenvalue weighted by molar-refractivity contribution is 0.101. The first-order valence-electron chi connectivity index (χ1n) is 10.1. The van der Waals surface area contributed by atoms with Crippen LogP contribution in [0.4, 0.5) is 5.69 Å². The minimum Gasteiger partial charge on any atom is -0.450 e. The number of aromatic nitrogens is 1. The van der Waals surface area contributed by atoms with Gasteiger partial charge in [0.1, 0.15) is 11.3 Å². The number of thiophene rings is 1. The minimum absolute atomic E-state index is 0.134. The Hall–Kier alpha value is -3.64. The summed E-state index contributed by atoms with van der Waals surface area (Å²) in [6.45, 7) is 4.65. The molecule has 0 fully saturated rings. The van der Waals surface area contributed by atoms with Gasteiger partial charge in [0.15, 0.2) is 5.76 Å². The van der Waals surface area contributed by atoms with Crippen LogP contribution in [0.2, 0.25) is 0 Å². The third-order valence-electron chi connectivity index (χ3n) is 5.43. The maximum absolute atomic E-state index is 13.3. The molecular weight excluding hydrogens is 408 g/mol. The van der Waals surface area contributed by atoms with Gasteiger partial charge in [-0.3, -0.25) is 9.59 Å². The first-order valence-corrected chi connectivity index (χ1v) is 11.0. The number of nitrogens with one attached hydrogen (secondary N) is 1. The van der Waals surface area contributed by atoms with Gasteiger partial charge in [-0.25, -0.2) is 0 Å². The summed E-state index contributed by atoms with van der Waals surface area (Å²) in [5, 5.41) is 5.68. The number of furan rings is 1. The number of carbonyl (C=O) groups is 2. The normalized spacial score (nSPS) is 11.3. The summed E-state index contributed by atoms with van der Waals surface area (Å²) in [4.78, 5) is 26.5. The number of anilines is 1. The van der Waals surface area contributed by atoms with Crippen molar-refractivity contribution < 1.29 is 14.0 Å². The van der Waals surface area contributed by atoms with Crippen molar-refractivity contribution in [1.29, 1.82) is 0 Å². The molecule has 2 aromatic carbocycles. The molecule has 0 aliphatic carbocycles. The molecule has 0 aliphatic heterocycles. The monoisotopic (exact) mass is 428 g/mol. The summed E-state index contributed by atoms with van der Waals surface area (Å²) in [5.74, 6) is -0.400. The number of amides is 1. The summed E-state index contributed by atoms with van der Waals surface area (Å²) in [5.41, 5.74) is 4.13. The van der Waals surface area contributed by atoms with Crippen LogP contribution < -0.4 is 5.32 Å². The Kier molecular flexibility index (Phi) is 4.71. The molecule has 3 aromatic heterocycles. The number of fused-ring (bicyclic) bond motifs is 2. The minimum atomic E-state index is -0.269. The van der Waals surface area contributed by atoms with Crippen molar-refractivity contribution in [2.75, 3.05) is 5.32 Å². The van der Waals surface area contributed by atoms with Crippen LogP contribution in [0.1, 0.15) is 39.1 Å². The average Bonchev–Trinajstić information content (AvgIpc) is 3.47. The van der Waals surface area contributed by atoms with E-state index >= 15 is 0 Å². The SMILES string of the molecule is CCn1c(C(=O)Nc2c(C(=O)c3ccc(C)cc3)oc3ccccc23)cc2sccc21. The lowest BCUT2D eigenvalue weighted by Gasteiger charge is -2.09. The van der Waals surface area contributed by atoms with Crippen LogP contribution in [-0.2, 0) is 6.54 Å². The first-order chi connectivity index (χ1) is 15.1. The van der Waals surface area contributed by atoms with Crippen LogP contribution in [0, 0.1) is 6.92 Å². The molecule has 0 unspecified atom stereocenters. The third kappa shape index (κ3) is 3.25. The lowest BCUT2D eigenvalue weighted by Crippen LogP contribution is -2.18. The van der Waals surface area contributed by atoms with Crippen molar-refractivity contribution in [3.8, 4) is 0 Å². The fourth-order valence-electron chi connectivity index (χ4n) is 3.85.